The number of hydrogen-bond acceptors (Lipinski definition) is 2. The summed E-state index contributed by atoms with van der Waals surface area (Å²) in [4.78, 5) is 29.9. The number of amides is 2. The number of rotatable bonds is 2. The second kappa shape index (κ2) is 6.49. The predicted molar refractivity (Wildman–Crippen MR) is 102 cm³/mol. The number of nitrogens with zero attached hydrogens (tertiary/aromatic N) is 2. The van der Waals surface area contributed by atoms with E-state index in [4.69, 9.17) is 0 Å². The van der Waals surface area contributed by atoms with Gasteiger partial charge < -0.3 is 15.2 Å². The van der Waals surface area contributed by atoms with E-state index >= 15 is 0 Å². The lowest BCUT2D eigenvalue weighted by Gasteiger charge is -2.35. The van der Waals surface area contributed by atoms with Gasteiger partial charge in [0.15, 0.2) is 0 Å². The zero-order valence-corrected chi connectivity index (χ0v) is 15.6. The van der Waals surface area contributed by atoms with Gasteiger partial charge >= 0.3 is 11.7 Å². The van der Waals surface area contributed by atoms with Crippen LogP contribution in [-0.4, -0.2) is 39.6 Å². The number of carbonyl (C=O) groups excluding carboxylic acids is 1. The van der Waals surface area contributed by atoms with Crippen molar-refractivity contribution in [3.63, 3.8) is 0 Å². The number of likely N-dealkylation sites (tertiary alicyclic amines) is 1. The van der Waals surface area contributed by atoms with Crippen LogP contribution in [-0.2, 0) is 0 Å². The fourth-order valence-electron chi connectivity index (χ4n) is 4.60. The first-order valence-corrected chi connectivity index (χ1v) is 9.70. The number of hydrogen-bond donors (Lipinski definition) is 2. The van der Waals surface area contributed by atoms with Crippen LogP contribution in [0.25, 0.3) is 11.0 Å². The average molecular weight is 356 g/mol. The van der Waals surface area contributed by atoms with Crippen LogP contribution in [0.2, 0.25) is 0 Å². The number of carbonyl (C=O) groups is 1. The monoisotopic (exact) mass is 356 g/mol. The van der Waals surface area contributed by atoms with Crippen LogP contribution in [0.1, 0.15) is 52.0 Å². The van der Waals surface area contributed by atoms with E-state index in [9.17, 15) is 9.59 Å². The van der Waals surface area contributed by atoms with Crippen LogP contribution >= 0.6 is 0 Å². The summed E-state index contributed by atoms with van der Waals surface area (Å²) in [7, 11) is 0. The van der Waals surface area contributed by atoms with Crippen molar-refractivity contribution in [1.29, 1.82) is 0 Å². The van der Waals surface area contributed by atoms with E-state index in [1.54, 1.807) is 0 Å². The molecular formula is C20H28N4O2. The molecule has 2 aromatic rings. The van der Waals surface area contributed by atoms with Crippen molar-refractivity contribution >= 4 is 17.1 Å². The quantitative estimate of drug-likeness (QED) is 0.867. The van der Waals surface area contributed by atoms with Gasteiger partial charge in [-0.25, -0.2) is 9.59 Å². The number of aromatic nitrogens is 2. The van der Waals surface area contributed by atoms with Gasteiger partial charge in [0.05, 0.1) is 11.0 Å². The van der Waals surface area contributed by atoms with Gasteiger partial charge in [0.1, 0.15) is 0 Å². The summed E-state index contributed by atoms with van der Waals surface area (Å²) in [5.41, 5.74) is 1.96. The zero-order chi connectivity index (χ0) is 18.3. The zero-order valence-electron chi connectivity index (χ0n) is 15.6. The molecule has 1 aliphatic heterocycles. The standard InChI is InChI=1S/C20H28N4O2/c1-20(2)11-5-8-17(20)22-18(25)23-12-9-14(10-13-23)24-16-7-4-3-6-15(16)21-19(24)26/h3-4,6-7,14,17H,5,8-13H2,1-2H3,(H,21,26)(H,22,25). The second-order valence-corrected chi connectivity index (χ2v) is 8.42. The molecule has 1 saturated carbocycles. The smallest absolute Gasteiger partial charge is 0.326 e. The van der Waals surface area contributed by atoms with E-state index in [1.807, 2.05) is 33.7 Å². The Morgan fingerprint density at radius 2 is 1.92 bits per heavy atom. The Morgan fingerprint density at radius 3 is 2.62 bits per heavy atom. The van der Waals surface area contributed by atoms with Crippen molar-refractivity contribution in [2.75, 3.05) is 13.1 Å². The Bertz CT molecular complexity index is 858. The lowest BCUT2D eigenvalue weighted by Crippen LogP contribution is -2.50. The molecule has 1 saturated heterocycles. The topological polar surface area (TPSA) is 70.1 Å². The summed E-state index contributed by atoms with van der Waals surface area (Å²) < 4.78 is 1.87. The summed E-state index contributed by atoms with van der Waals surface area (Å²) in [5, 5.41) is 3.24. The molecule has 26 heavy (non-hydrogen) atoms. The second-order valence-electron chi connectivity index (χ2n) is 8.42. The first kappa shape index (κ1) is 17.2. The Balaban J connectivity index is 1.42. The van der Waals surface area contributed by atoms with E-state index in [0.29, 0.717) is 13.1 Å². The van der Waals surface area contributed by atoms with E-state index in [2.05, 4.69) is 24.1 Å². The molecule has 6 nitrogen and oxygen atoms in total. The molecule has 1 aromatic carbocycles. The average Bonchev–Trinajstić information content (AvgIpc) is 3.13. The van der Waals surface area contributed by atoms with Gasteiger partial charge in [-0.3, -0.25) is 4.57 Å². The highest BCUT2D eigenvalue weighted by molar-refractivity contribution is 5.76. The number of benzene rings is 1. The van der Waals surface area contributed by atoms with Gasteiger partial charge in [0.2, 0.25) is 0 Å². The highest BCUT2D eigenvalue weighted by atomic mass is 16.2. The number of urea groups is 1. The summed E-state index contributed by atoms with van der Waals surface area (Å²) in [5.74, 6) is 0. The van der Waals surface area contributed by atoms with Gasteiger partial charge in [0.25, 0.3) is 0 Å². The Hall–Kier alpha value is -2.24. The predicted octanol–water partition coefficient (Wildman–Crippen LogP) is 3.25. The molecule has 1 aliphatic carbocycles. The number of aromatic amines is 1. The van der Waals surface area contributed by atoms with Crippen LogP contribution in [0.4, 0.5) is 4.79 Å². The van der Waals surface area contributed by atoms with E-state index in [1.165, 1.54) is 12.8 Å². The SMILES string of the molecule is CC1(C)CCCC1NC(=O)N1CCC(n2c(=O)[nH]c3ccccc32)CC1. The molecule has 1 unspecified atom stereocenters. The molecule has 0 bridgehead atoms. The number of para-hydroxylation sites is 2. The molecule has 2 N–H and O–H groups in total. The first-order chi connectivity index (χ1) is 12.5. The fraction of sp³-hybridized carbons (Fsp3) is 0.600. The van der Waals surface area contributed by atoms with Gasteiger partial charge in [0, 0.05) is 25.2 Å². The summed E-state index contributed by atoms with van der Waals surface area (Å²) in [6.07, 6.45) is 5.04. The number of imidazole rings is 1. The molecule has 6 heteroatoms. The van der Waals surface area contributed by atoms with Crippen molar-refractivity contribution in [1.82, 2.24) is 19.8 Å². The molecular weight excluding hydrogens is 328 g/mol. The molecule has 2 aliphatic rings. The largest absolute Gasteiger partial charge is 0.335 e. The minimum Gasteiger partial charge on any atom is -0.335 e. The summed E-state index contributed by atoms with van der Waals surface area (Å²) in [6, 6.07) is 8.26. The normalized spacial score (nSPS) is 23.5. The van der Waals surface area contributed by atoms with Crippen molar-refractivity contribution in [3.8, 4) is 0 Å². The minimum absolute atomic E-state index is 0.0506. The van der Waals surface area contributed by atoms with Crippen molar-refractivity contribution < 1.29 is 4.79 Å². The minimum atomic E-state index is -0.0539. The molecule has 1 atom stereocenters. The third kappa shape index (κ3) is 3.02. The van der Waals surface area contributed by atoms with Crippen molar-refractivity contribution in [3.05, 3.63) is 34.7 Å². The maximum absolute atomic E-state index is 12.7. The highest BCUT2D eigenvalue weighted by Gasteiger charge is 2.36. The van der Waals surface area contributed by atoms with Gasteiger partial charge in [-0.2, -0.15) is 0 Å². The third-order valence-electron chi connectivity index (χ3n) is 6.30. The summed E-state index contributed by atoms with van der Waals surface area (Å²) >= 11 is 0. The van der Waals surface area contributed by atoms with Gasteiger partial charge in [-0.1, -0.05) is 32.4 Å². The Kier molecular flexibility index (Phi) is 4.29. The van der Waals surface area contributed by atoms with Crippen LogP contribution in [0.3, 0.4) is 0 Å². The molecule has 4 rings (SSSR count). The molecule has 1 aromatic heterocycles. The first-order valence-electron chi connectivity index (χ1n) is 9.70. The van der Waals surface area contributed by atoms with Crippen LogP contribution in [0.15, 0.2) is 29.1 Å². The third-order valence-corrected chi connectivity index (χ3v) is 6.30. The maximum atomic E-state index is 12.7. The van der Waals surface area contributed by atoms with Crippen molar-refractivity contribution in [2.45, 2.75) is 58.0 Å². The Morgan fingerprint density at radius 1 is 1.19 bits per heavy atom. The number of piperidine rings is 1. The lowest BCUT2D eigenvalue weighted by atomic mass is 9.87. The molecule has 2 amide bonds. The van der Waals surface area contributed by atoms with E-state index in [-0.39, 0.29) is 29.2 Å². The maximum Gasteiger partial charge on any atom is 0.326 e. The van der Waals surface area contributed by atoms with Crippen LogP contribution < -0.4 is 11.0 Å². The molecule has 0 spiro atoms. The van der Waals surface area contributed by atoms with Crippen LogP contribution in [0, 0.1) is 5.41 Å². The molecule has 2 heterocycles. The van der Waals surface area contributed by atoms with Gasteiger partial charge in [-0.05, 0) is 43.2 Å². The fourth-order valence-corrected chi connectivity index (χ4v) is 4.60. The number of H-pyrrole nitrogens is 1. The van der Waals surface area contributed by atoms with E-state index in [0.717, 1.165) is 30.3 Å². The lowest BCUT2D eigenvalue weighted by molar-refractivity contribution is 0.160. The molecule has 140 valence electrons. The highest BCUT2D eigenvalue weighted by Crippen LogP contribution is 2.37. The summed E-state index contributed by atoms with van der Waals surface area (Å²) in [6.45, 7) is 5.85. The number of nitrogens with one attached hydrogen (secondary N) is 2. The van der Waals surface area contributed by atoms with Crippen LogP contribution in [0.5, 0.6) is 0 Å². The Labute approximate surface area is 153 Å². The molecule has 2 fully saturated rings. The number of fused-ring (bicyclic) bond motifs is 1. The molecule has 0 radical (unpaired) electrons. The van der Waals surface area contributed by atoms with Gasteiger partial charge in [-0.15, -0.1) is 0 Å². The van der Waals surface area contributed by atoms with E-state index < -0.39 is 0 Å². The van der Waals surface area contributed by atoms with Crippen molar-refractivity contribution in [2.24, 2.45) is 5.41 Å².